The molecule has 3 rings (SSSR count). The molecule has 2 fully saturated rings. The normalized spacial score (nSPS) is 29.4. The smallest absolute Gasteiger partial charge is 0.251 e. The summed E-state index contributed by atoms with van der Waals surface area (Å²) in [5, 5.41) is 6.45. The van der Waals surface area contributed by atoms with Gasteiger partial charge in [0.2, 0.25) is 0 Å². The summed E-state index contributed by atoms with van der Waals surface area (Å²) >= 11 is 0. The number of amides is 1. The fourth-order valence-corrected chi connectivity index (χ4v) is 3.81. The van der Waals surface area contributed by atoms with E-state index >= 15 is 0 Å². The molecule has 1 saturated heterocycles. The number of fused-ring (bicyclic) bond motifs is 1. The molecular formula is C17H24N2O2. The van der Waals surface area contributed by atoms with Crippen LogP contribution < -0.4 is 10.6 Å². The largest absolute Gasteiger partial charge is 0.381 e. The topological polar surface area (TPSA) is 50.4 Å². The van der Waals surface area contributed by atoms with E-state index in [1.165, 1.54) is 0 Å². The van der Waals surface area contributed by atoms with E-state index in [4.69, 9.17) is 4.74 Å². The zero-order chi connectivity index (χ0) is 15.0. The number of benzene rings is 1. The molecule has 114 valence electrons. The van der Waals surface area contributed by atoms with Gasteiger partial charge in [-0.2, -0.15) is 0 Å². The summed E-state index contributed by atoms with van der Waals surface area (Å²) in [6, 6.07) is 8.16. The molecule has 1 aromatic rings. The van der Waals surface area contributed by atoms with Crippen molar-refractivity contribution in [3.8, 4) is 0 Å². The lowest BCUT2D eigenvalue weighted by Crippen LogP contribution is -2.63. The van der Waals surface area contributed by atoms with Gasteiger partial charge in [0.05, 0.1) is 6.10 Å². The predicted octanol–water partition coefficient (Wildman–Crippen LogP) is 2.66. The molecule has 1 amide bonds. The van der Waals surface area contributed by atoms with Gasteiger partial charge in [0.1, 0.15) is 0 Å². The van der Waals surface area contributed by atoms with Gasteiger partial charge in [0, 0.05) is 41.8 Å². The van der Waals surface area contributed by atoms with Crippen molar-refractivity contribution in [1.29, 1.82) is 0 Å². The SMILES string of the molecule is CCNC(=O)c1cccc(NC2C3CCOC3C2(C)C)c1. The van der Waals surface area contributed by atoms with E-state index in [2.05, 4.69) is 24.5 Å². The zero-order valence-corrected chi connectivity index (χ0v) is 13.0. The summed E-state index contributed by atoms with van der Waals surface area (Å²) < 4.78 is 5.82. The summed E-state index contributed by atoms with van der Waals surface area (Å²) in [5.74, 6) is 0.573. The van der Waals surface area contributed by atoms with Crippen molar-refractivity contribution in [2.75, 3.05) is 18.5 Å². The van der Waals surface area contributed by atoms with Crippen molar-refractivity contribution < 1.29 is 9.53 Å². The van der Waals surface area contributed by atoms with E-state index in [0.717, 1.165) is 18.7 Å². The third kappa shape index (κ3) is 2.42. The Morgan fingerprint density at radius 1 is 1.43 bits per heavy atom. The van der Waals surface area contributed by atoms with E-state index in [1.807, 2.05) is 31.2 Å². The fourth-order valence-electron chi connectivity index (χ4n) is 3.81. The van der Waals surface area contributed by atoms with Gasteiger partial charge in [-0.1, -0.05) is 19.9 Å². The molecule has 4 nitrogen and oxygen atoms in total. The first kappa shape index (κ1) is 14.4. The minimum Gasteiger partial charge on any atom is -0.381 e. The van der Waals surface area contributed by atoms with Crippen molar-refractivity contribution in [1.82, 2.24) is 5.32 Å². The first-order chi connectivity index (χ1) is 10.0. The number of carbonyl (C=O) groups excluding carboxylic acids is 1. The van der Waals surface area contributed by atoms with E-state index in [1.54, 1.807) is 0 Å². The summed E-state index contributed by atoms with van der Waals surface area (Å²) in [6.45, 7) is 7.95. The molecule has 1 saturated carbocycles. The molecule has 4 heteroatoms. The molecule has 21 heavy (non-hydrogen) atoms. The first-order valence-corrected chi connectivity index (χ1v) is 7.80. The summed E-state index contributed by atoms with van der Waals surface area (Å²) in [4.78, 5) is 11.9. The maximum atomic E-state index is 11.9. The Bertz CT molecular complexity index is 541. The van der Waals surface area contributed by atoms with Crippen molar-refractivity contribution >= 4 is 11.6 Å². The Kier molecular flexibility index (Phi) is 3.66. The molecule has 0 aromatic heterocycles. The number of hydrogen-bond donors (Lipinski definition) is 2. The van der Waals surface area contributed by atoms with E-state index in [0.29, 0.717) is 30.2 Å². The van der Waals surface area contributed by atoms with Gasteiger partial charge < -0.3 is 15.4 Å². The minimum atomic E-state index is -0.0175. The molecule has 3 atom stereocenters. The van der Waals surface area contributed by atoms with Crippen molar-refractivity contribution in [2.24, 2.45) is 11.3 Å². The van der Waals surface area contributed by atoms with Crippen LogP contribution in [0.25, 0.3) is 0 Å². The molecule has 0 radical (unpaired) electrons. The summed E-state index contributed by atoms with van der Waals surface area (Å²) in [6.07, 6.45) is 1.50. The molecule has 1 heterocycles. The highest BCUT2D eigenvalue weighted by Crippen LogP contribution is 2.53. The van der Waals surface area contributed by atoms with Crippen LogP contribution in [0.4, 0.5) is 5.69 Å². The molecular weight excluding hydrogens is 264 g/mol. The molecule has 0 spiro atoms. The van der Waals surface area contributed by atoms with Crippen LogP contribution in [0.5, 0.6) is 0 Å². The monoisotopic (exact) mass is 288 g/mol. The Labute approximate surface area is 126 Å². The molecule has 1 aromatic carbocycles. The Balaban J connectivity index is 1.73. The van der Waals surface area contributed by atoms with Crippen LogP contribution >= 0.6 is 0 Å². The average Bonchev–Trinajstić information content (AvgIpc) is 2.92. The average molecular weight is 288 g/mol. The van der Waals surface area contributed by atoms with Crippen LogP contribution in [0.3, 0.4) is 0 Å². The lowest BCUT2D eigenvalue weighted by atomic mass is 9.57. The van der Waals surface area contributed by atoms with Crippen LogP contribution in [0.15, 0.2) is 24.3 Å². The van der Waals surface area contributed by atoms with Gasteiger partial charge in [0.15, 0.2) is 0 Å². The van der Waals surface area contributed by atoms with Crippen LogP contribution in [-0.4, -0.2) is 31.2 Å². The highest BCUT2D eigenvalue weighted by Gasteiger charge is 2.59. The second-order valence-electron chi connectivity index (χ2n) is 6.63. The maximum absolute atomic E-state index is 11.9. The number of hydrogen-bond acceptors (Lipinski definition) is 3. The lowest BCUT2D eigenvalue weighted by molar-refractivity contribution is -0.0923. The summed E-state index contributed by atoms with van der Waals surface area (Å²) in [5.41, 5.74) is 1.86. The minimum absolute atomic E-state index is 0.0175. The second-order valence-corrected chi connectivity index (χ2v) is 6.63. The van der Waals surface area contributed by atoms with Crippen LogP contribution in [0, 0.1) is 11.3 Å². The van der Waals surface area contributed by atoms with E-state index in [-0.39, 0.29) is 11.3 Å². The van der Waals surface area contributed by atoms with E-state index in [9.17, 15) is 4.79 Å². The third-order valence-corrected chi connectivity index (χ3v) is 4.88. The first-order valence-electron chi connectivity index (χ1n) is 7.80. The molecule has 2 N–H and O–H groups in total. The Morgan fingerprint density at radius 2 is 2.24 bits per heavy atom. The second kappa shape index (κ2) is 5.34. The van der Waals surface area contributed by atoms with Crippen molar-refractivity contribution in [2.45, 2.75) is 39.3 Å². The molecule has 2 aliphatic rings. The number of ether oxygens (including phenoxy) is 1. The number of carbonyl (C=O) groups is 1. The Hall–Kier alpha value is -1.55. The van der Waals surface area contributed by atoms with Gasteiger partial charge in [-0.15, -0.1) is 0 Å². The highest BCUT2D eigenvalue weighted by atomic mass is 16.5. The van der Waals surface area contributed by atoms with Crippen LogP contribution in [0.2, 0.25) is 0 Å². The zero-order valence-electron chi connectivity index (χ0n) is 13.0. The standard InChI is InChI=1S/C17H24N2O2/c1-4-18-16(20)11-6-5-7-12(10-11)19-14-13-8-9-21-15(13)17(14,2)3/h5-7,10,13-15,19H,4,8-9H2,1-3H3,(H,18,20). The Morgan fingerprint density at radius 3 is 3.00 bits per heavy atom. The van der Waals surface area contributed by atoms with Crippen LogP contribution in [0.1, 0.15) is 37.6 Å². The van der Waals surface area contributed by atoms with Gasteiger partial charge in [-0.05, 0) is 31.5 Å². The van der Waals surface area contributed by atoms with Gasteiger partial charge in [-0.25, -0.2) is 0 Å². The fraction of sp³-hybridized carbons (Fsp3) is 0.588. The van der Waals surface area contributed by atoms with Gasteiger partial charge in [-0.3, -0.25) is 4.79 Å². The molecule has 1 aliphatic carbocycles. The van der Waals surface area contributed by atoms with Crippen LogP contribution in [-0.2, 0) is 4.74 Å². The van der Waals surface area contributed by atoms with Gasteiger partial charge >= 0.3 is 0 Å². The lowest BCUT2D eigenvalue weighted by Gasteiger charge is -2.55. The highest BCUT2D eigenvalue weighted by molar-refractivity contribution is 5.95. The summed E-state index contributed by atoms with van der Waals surface area (Å²) in [7, 11) is 0. The number of nitrogens with one attached hydrogen (secondary N) is 2. The van der Waals surface area contributed by atoms with E-state index < -0.39 is 0 Å². The quantitative estimate of drug-likeness (QED) is 0.895. The molecule has 1 aliphatic heterocycles. The maximum Gasteiger partial charge on any atom is 0.251 e. The number of rotatable bonds is 4. The van der Waals surface area contributed by atoms with Crippen molar-refractivity contribution in [3.05, 3.63) is 29.8 Å². The molecule has 3 unspecified atom stereocenters. The predicted molar refractivity (Wildman–Crippen MR) is 83.5 cm³/mol. The molecule has 0 bridgehead atoms. The van der Waals surface area contributed by atoms with Gasteiger partial charge in [0.25, 0.3) is 5.91 Å². The number of anilines is 1. The third-order valence-electron chi connectivity index (χ3n) is 4.88. The van der Waals surface area contributed by atoms with Crippen molar-refractivity contribution in [3.63, 3.8) is 0 Å².